The molecule has 0 saturated heterocycles. The van der Waals surface area contributed by atoms with Crippen LogP contribution in [0.1, 0.15) is 16.1 Å². The first-order valence-electron chi connectivity index (χ1n) is 7.05. The summed E-state index contributed by atoms with van der Waals surface area (Å²) in [5, 5.41) is 11.4. The van der Waals surface area contributed by atoms with Crippen LogP contribution in [0.5, 0.6) is 0 Å². The molecular weight excluding hydrogens is 337 g/mol. The standard InChI is InChI=1S/C16H13Cl2N3S/c17-13-4-3-10(8-14(13)18)21-16-12(5-6-19-16)15(20-21)9-11-2-1-7-22-11/h1-4,7-8,19H,5-6,9H2. The number of rotatable bonds is 3. The van der Waals surface area contributed by atoms with Crippen molar-refractivity contribution in [1.82, 2.24) is 9.78 Å². The van der Waals surface area contributed by atoms with Gasteiger partial charge in [-0.05, 0) is 36.1 Å². The summed E-state index contributed by atoms with van der Waals surface area (Å²) in [6.45, 7) is 0.950. The van der Waals surface area contributed by atoms with E-state index >= 15 is 0 Å². The van der Waals surface area contributed by atoms with Gasteiger partial charge in [-0.3, -0.25) is 0 Å². The number of thiophene rings is 1. The Morgan fingerprint density at radius 3 is 2.91 bits per heavy atom. The molecule has 4 rings (SSSR count). The van der Waals surface area contributed by atoms with Gasteiger partial charge in [-0.2, -0.15) is 5.10 Å². The maximum atomic E-state index is 6.14. The van der Waals surface area contributed by atoms with E-state index in [4.69, 9.17) is 28.3 Å². The summed E-state index contributed by atoms with van der Waals surface area (Å²) >= 11 is 13.9. The lowest BCUT2D eigenvalue weighted by atomic mass is 10.1. The molecule has 1 aliphatic rings. The summed E-state index contributed by atoms with van der Waals surface area (Å²) in [6, 6.07) is 9.83. The maximum Gasteiger partial charge on any atom is 0.133 e. The molecule has 3 nitrogen and oxygen atoms in total. The van der Waals surface area contributed by atoms with E-state index in [1.807, 2.05) is 16.8 Å². The van der Waals surface area contributed by atoms with Gasteiger partial charge >= 0.3 is 0 Å². The number of halogens is 2. The highest BCUT2D eigenvalue weighted by Crippen LogP contribution is 2.32. The summed E-state index contributed by atoms with van der Waals surface area (Å²) in [4.78, 5) is 1.33. The van der Waals surface area contributed by atoms with Gasteiger partial charge in [-0.1, -0.05) is 29.3 Å². The van der Waals surface area contributed by atoms with Crippen molar-refractivity contribution in [2.24, 2.45) is 0 Å². The molecule has 112 valence electrons. The Morgan fingerprint density at radius 2 is 2.14 bits per heavy atom. The molecule has 0 saturated carbocycles. The summed E-state index contributed by atoms with van der Waals surface area (Å²) in [5.74, 6) is 1.07. The number of benzene rings is 1. The molecule has 0 bridgehead atoms. The Labute approximate surface area is 142 Å². The zero-order chi connectivity index (χ0) is 15.1. The highest BCUT2D eigenvalue weighted by molar-refractivity contribution is 7.09. The van der Waals surface area contributed by atoms with E-state index in [0.717, 1.165) is 36.6 Å². The molecule has 0 atom stereocenters. The second-order valence-electron chi connectivity index (χ2n) is 5.22. The van der Waals surface area contributed by atoms with Gasteiger partial charge in [0.15, 0.2) is 0 Å². The molecule has 6 heteroatoms. The first-order valence-corrected chi connectivity index (χ1v) is 8.68. The number of anilines is 1. The predicted octanol–water partition coefficient (Wildman–Crippen LogP) is 4.80. The number of hydrogen-bond donors (Lipinski definition) is 1. The number of fused-ring (bicyclic) bond motifs is 1. The van der Waals surface area contributed by atoms with Crippen molar-refractivity contribution in [2.45, 2.75) is 12.8 Å². The van der Waals surface area contributed by atoms with Crippen molar-refractivity contribution in [3.8, 4) is 5.69 Å². The second-order valence-corrected chi connectivity index (χ2v) is 7.06. The number of nitrogens with zero attached hydrogens (tertiary/aromatic N) is 2. The minimum Gasteiger partial charge on any atom is -0.369 e. The largest absolute Gasteiger partial charge is 0.369 e. The minimum absolute atomic E-state index is 0.543. The lowest BCUT2D eigenvalue weighted by Crippen LogP contribution is -2.05. The highest BCUT2D eigenvalue weighted by atomic mass is 35.5. The van der Waals surface area contributed by atoms with E-state index in [-0.39, 0.29) is 0 Å². The van der Waals surface area contributed by atoms with Crippen LogP contribution in [0.2, 0.25) is 10.0 Å². The zero-order valence-corrected chi connectivity index (χ0v) is 14.0. The Bertz CT molecular complexity index is 824. The SMILES string of the molecule is Clc1ccc(-n2nc(Cc3cccs3)c3c2NCC3)cc1Cl. The van der Waals surface area contributed by atoms with E-state index in [9.17, 15) is 0 Å². The van der Waals surface area contributed by atoms with Crippen LogP contribution in [-0.2, 0) is 12.8 Å². The molecule has 0 aliphatic carbocycles. The molecule has 0 unspecified atom stereocenters. The average Bonchev–Trinajstić information content (AvgIpc) is 3.21. The van der Waals surface area contributed by atoms with Crippen molar-refractivity contribution in [1.29, 1.82) is 0 Å². The van der Waals surface area contributed by atoms with Crippen LogP contribution in [0.25, 0.3) is 5.69 Å². The Kier molecular flexibility index (Phi) is 3.60. The van der Waals surface area contributed by atoms with E-state index in [0.29, 0.717) is 10.0 Å². The number of nitrogens with one attached hydrogen (secondary N) is 1. The normalized spacial score (nSPS) is 13.2. The zero-order valence-electron chi connectivity index (χ0n) is 11.6. The van der Waals surface area contributed by atoms with Gasteiger partial charge < -0.3 is 5.32 Å². The van der Waals surface area contributed by atoms with Crippen molar-refractivity contribution in [2.75, 3.05) is 11.9 Å². The fraction of sp³-hybridized carbons (Fsp3) is 0.188. The van der Waals surface area contributed by atoms with Crippen molar-refractivity contribution >= 4 is 40.4 Å². The molecule has 0 amide bonds. The van der Waals surface area contributed by atoms with Crippen molar-refractivity contribution in [3.63, 3.8) is 0 Å². The molecule has 1 N–H and O–H groups in total. The molecule has 2 aromatic heterocycles. The van der Waals surface area contributed by atoms with Crippen molar-refractivity contribution in [3.05, 3.63) is 61.9 Å². The van der Waals surface area contributed by atoms with Gasteiger partial charge in [0, 0.05) is 23.4 Å². The number of hydrogen-bond acceptors (Lipinski definition) is 3. The van der Waals surface area contributed by atoms with Crippen molar-refractivity contribution < 1.29 is 0 Å². The third kappa shape index (κ3) is 2.41. The third-order valence-corrected chi connectivity index (χ3v) is 5.42. The van der Waals surface area contributed by atoms with Crippen LogP contribution in [0.15, 0.2) is 35.7 Å². The van der Waals surface area contributed by atoms with Gasteiger partial charge in [0.05, 0.1) is 21.4 Å². The fourth-order valence-electron chi connectivity index (χ4n) is 2.77. The molecule has 0 radical (unpaired) electrons. The Morgan fingerprint density at radius 1 is 1.23 bits per heavy atom. The monoisotopic (exact) mass is 349 g/mol. The van der Waals surface area contributed by atoms with E-state index < -0.39 is 0 Å². The van der Waals surface area contributed by atoms with Gasteiger partial charge in [0.2, 0.25) is 0 Å². The maximum absolute atomic E-state index is 6.14. The Hall–Kier alpha value is -1.49. The first-order chi connectivity index (χ1) is 10.7. The smallest absolute Gasteiger partial charge is 0.133 e. The first kappa shape index (κ1) is 14.1. The van der Waals surface area contributed by atoms with Crippen LogP contribution in [0, 0.1) is 0 Å². The van der Waals surface area contributed by atoms with Crippen LogP contribution < -0.4 is 5.32 Å². The fourth-order valence-corrected chi connectivity index (χ4v) is 3.77. The third-order valence-electron chi connectivity index (χ3n) is 3.80. The lowest BCUT2D eigenvalue weighted by Gasteiger charge is -2.07. The number of aromatic nitrogens is 2. The lowest BCUT2D eigenvalue weighted by molar-refractivity contribution is 0.842. The molecule has 22 heavy (non-hydrogen) atoms. The quantitative estimate of drug-likeness (QED) is 0.735. The molecule has 0 fully saturated rings. The second kappa shape index (κ2) is 5.61. The highest BCUT2D eigenvalue weighted by Gasteiger charge is 2.23. The van der Waals surface area contributed by atoms with Gasteiger partial charge in [-0.15, -0.1) is 11.3 Å². The average molecular weight is 350 g/mol. The molecule has 3 heterocycles. The van der Waals surface area contributed by atoms with Crippen LogP contribution >= 0.6 is 34.5 Å². The van der Waals surface area contributed by atoms with E-state index in [1.54, 1.807) is 17.4 Å². The predicted molar refractivity (Wildman–Crippen MR) is 92.9 cm³/mol. The topological polar surface area (TPSA) is 29.9 Å². The van der Waals surface area contributed by atoms with Crippen LogP contribution in [-0.4, -0.2) is 16.3 Å². The molecule has 0 spiro atoms. The minimum atomic E-state index is 0.543. The van der Waals surface area contributed by atoms with Crippen LogP contribution in [0.3, 0.4) is 0 Å². The van der Waals surface area contributed by atoms with E-state index in [2.05, 4.69) is 22.8 Å². The molecule has 1 aromatic carbocycles. The molecular formula is C16H13Cl2N3S. The van der Waals surface area contributed by atoms with Gasteiger partial charge in [-0.25, -0.2) is 4.68 Å². The van der Waals surface area contributed by atoms with Gasteiger partial charge in [0.1, 0.15) is 5.82 Å². The summed E-state index contributed by atoms with van der Waals surface area (Å²) in [6.07, 6.45) is 1.88. The summed E-state index contributed by atoms with van der Waals surface area (Å²) < 4.78 is 1.94. The van der Waals surface area contributed by atoms with E-state index in [1.165, 1.54) is 10.4 Å². The summed E-state index contributed by atoms with van der Waals surface area (Å²) in [7, 11) is 0. The summed E-state index contributed by atoms with van der Waals surface area (Å²) in [5.41, 5.74) is 3.37. The molecule has 3 aromatic rings. The Balaban J connectivity index is 1.78. The molecule has 1 aliphatic heterocycles. The van der Waals surface area contributed by atoms with Crippen LogP contribution in [0.4, 0.5) is 5.82 Å². The van der Waals surface area contributed by atoms with Gasteiger partial charge in [0.25, 0.3) is 0 Å².